The van der Waals surface area contributed by atoms with Crippen LogP contribution in [0.5, 0.6) is 0 Å². The van der Waals surface area contributed by atoms with Crippen LogP contribution in [0.3, 0.4) is 0 Å². The van der Waals surface area contributed by atoms with Gasteiger partial charge in [0.1, 0.15) is 0 Å². The molecule has 0 atom stereocenters. The summed E-state index contributed by atoms with van der Waals surface area (Å²) in [5.74, 6) is 0. The molecule has 0 spiro atoms. The molecule has 0 saturated carbocycles. The van der Waals surface area contributed by atoms with E-state index in [1.165, 1.54) is 18.9 Å². The Morgan fingerprint density at radius 1 is 1.57 bits per heavy atom. The zero-order chi connectivity index (χ0) is 10.9. The molecule has 1 rings (SSSR count). The number of thiazole rings is 1. The average Bonchev–Trinajstić information content (AvgIpc) is 2.45. The Kier molecular flexibility index (Phi) is 2.88. The van der Waals surface area contributed by atoms with Crippen LogP contribution in [0.4, 0.5) is 5.13 Å². The number of hydrogen-bond donors (Lipinski definition) is 1. The van der Waals surface area contributed by atoms with Crippen LogP contribution >= 0.6 is 11.3 Å². The van der Waals surface area contributed by atoms with Gasteiger partial charge >= 0.3 is 0 Å². The number of carbonyl (C=O) groups excluding carboxylic acids is 1. The first-order valence-electron chi connectivity index (χ1n) is 3.54. The summed E-state index contributed by atoms with van der Waals surface area (Å²) in [6.07, 6.45) is 0.547. The lowest BCUT2D eigenvalue weighted by Gasteiger charge is -2.02. The molecule has 1 aromatic rings. The van der Waals surface area contributed by atoms with Gasteiger partial charge < -0.3 is 0 Å². The quantitative estimate of drug-likeness (QED) is 0.727. The average molecular weight is 235 g/mol. The second-order valence-corrected chi connectivity index (χ2v) is 5.36. The van der Waals surface area contributed by atoms with Gasteiger partial charge in [-0.2, -0.15) is 0 Å². The molecule has 0 saturated heterocycles. The molecule has 8 heteroatoms. The molecular weight excluding hydrogens is 226 g/mol. The van der Waals surface area contributed by atoms with Gasteiger partial charge in [-0.05, 0) is 6.92 Å². The van der Waals surface area contributed by atoms with Crippen LogP contribution in [-0.4, -0.2) is 26.9 Å². The third-order valence-corrected chi connectivity index (χ3v) is 4.26. The SMILES string of the molecule is Cc1nc(N(C)C=O)sc1S(N)(=O)=O. The molecule has 0 aromatic carbocycles. The summed E-state index contributed by atoms with van der Waals surface area (Å²) in [7, 11) is -2.26. The normalized spacial score (nSPS) is 11.4. The van der Waals surface area contributed by atoms with Gasteiger partial charge in [0.2, 0.25) is 16.4 Å². The zero-order valence-electron chi connectivity index (χ0n) is 7.59. The first kappa shape index (κ1) is 11.1. The highest BCUT2D eigenvalue weighted by Gasteiger charge is 2.18. The minimum absolute atomic E-state index is 0.0128. The molecule has 2 N–H and O–H groups in total. The van der Waals surface area contributed by atoms with Crippen molar-refractivity contribution in [1.29, 1.82) is 0 Å². The lowest BCUT2D eigenvalue weighted by Crippen LogP contribution is -2.13. The van der Waals surface area contributed by atoms with Crippen molar-refractivity contribution < 1.29 is 13.2 Å². The largest absolute Gasteiger partial charge is 0.294 e. The fourth-order valence-electron chi connectivity index (χ4n) is 0.829. The smallest absolute Gasteiger partial charge is 0.249 e. The number of rotatable bonds is 3. The molecule has 14 heavy (non-hydrogen) atoms. The molecule has 78 valence electrons. The first-order chi connectivity index (χ1) is 6.36. The van der Waals surface area contributed by atoms with Crippen LogP contribution in [0.1, 0.15) is 5.69 Å². The summed E-state index contributed by atoms with van der Waals surface area (Å²) in [6.45, 7) is 1.53. The Morgan fingerprint density at radius 2 is 2.14 bits per heavy atom. The van der Waals surface area contributed by atoms with E-state index < -0.39 is 10.0 Å². The molecule has 1 aromatic heterocycles. The minimum Gasteiger partial charge on any atom is -0.294 e. The van der Waals surface area contributed by atoms with Gasteiger partial charge in [0.25, 0.3) is 0 Å². The monoisotopic (exact) mass is 235 g/mol. The van der Waals surface area contributed by atoms with Crippen molar-refractivity contribution in [3.8, 4) is 0 Å². The third kappa shape index (κ3) is 2.08. The van der Waals surface area contributed by atoms with Crippen LogP contribution in [0.2, 0.25) is 0 Å². The number of carbonyl (C=O) groups is 1. The highest BCUT2D eigenvalue weighted by atomic mass is 32.2. The Balaban J connectivity index is 3.25. The maximum Gasteiger partial charge on any atom is 0.249 e. The number of hydrogen-bond acceptors (Lipinski definition) is 5. The number of sulfonamides is 1. The van der Waals surface area contributed by atoms with E-state index in [4.69, 9.17) is 5.14 Å². The van der Waals surface area contributed by atoms with E-state index >= 15 is 0 Å². The number of aromatic nitrogens is 1. The summed E-state index contributed by atoms with van der Waals surface area (Å²) in [5, 5.41) is 5.26. The van der Waals surface area contributed by atoms with Gasteiger partial charge in [0.05, 0.1) is 5.69 Å². The van der Waals surface area contributed by atoms with Gasteiger partial charge in [-0.1, -0.05) is 11.3 Å². The highest BCUT2D eigenvalue weighted by molar-refractivity contribution is 7.91. The summed E-state index contributed by atoms with van der Waals surface area (Å²) < 4.78 is 22.0. The van der Waals surface area contributed by atoms with Gasteiger partial charge in [0, 0.05) is 7.05 Å². The molecule has 0 aliphatic carbocycles. The predicted molar refractivity (Wildman–Crippen MR) is 52.7 cm³/mol. The minimum atomic E-state index is -3.74. The number of aryl methyl sites for hydroxylation is 1. The van der Waals surface area contributed by atoms with Crippen molar-refractivity contribution in [3.63, 3.8) is 0 Å². The van der Waals surface area contributed by atoms with E-state index in [1.807, 2.05) is 0 Å². The summed E-state index contributed by atoms with van der Waals surface area (Å²) in [6, 6.07) is 0. The molecule has 0 radical (unpaired) electrons. The van der Waals surface area contributed by atoms with Gasteiger partial charge in [-0.3, -0.25) is 9.69 Å². The van der Waals surface area contributed by atoms with Crippen molar-refractivity contribution in [3.05, 3.63) is 5.69 Å². The Bertz CT molecular complexity index is 451. The van der Waals surface area contributed by atoms with E-state index in [0.29, 0.717) is 17.2 Å². The van der Waals surface area contributed by atoms with Crippen LogP contribution in [0.15, 0.2) is 4.21 Å². The fraction of sp³-hybridized carbons (Fsp3) is 0.333. The third-order valence-electron chi connectivity index (χ3n) is 1.46. The van der Waals surface area contributed by atoms with E-state index in [2.05, 4.69) is 4.98 Å². The summed E-state index contributed by atoms with van der Waals surface area (Å²) in [5.41, 5.74) is 0.307. The number of primary sulfonamides is 1. The molecule has 0 bridgehead atoms. The van der Waals surface area contributed by atoms with E-state index in [9.17, 15) is 13.2 Å². The summed E-state index contributed by atoms with van der Waals surface area (Å²) in [4.78, 5) is 15.5. The fourth-order valence-corrected chi connectivity index (χ4v) is 2.70. The van der Waals surface area contributed by atoms with Crippen LogP contribution in [-0.2, 0) is 14.8 Å². The maximum absolute atomic E-state index is 11.0. The van der Waals surface area contributed by atoms with E-state index in [0.717, 1.165) is 11.3 Å². The molecule has 1 heterocycles. The lowest BCUT2D eigenvalue weighted by molar-refractivity contribution is -0.107. The van der Waals surface area contributed by atoms with E-state index in [-0.39, 0.29) is 4.21 Å². The lowest BCUT2D eigenvalue weighted by atomic mass is 10.6. The molecule has 0 unspecified atom stereocenters. The standard InChI is InChI=1S/C6H9N3O3S2/c1-4-5(14(7,11)12)13-6(8-4)9(2)3-10/h3H,1-2H3,(H2,7,11,12). The first-order valence-corrected chi connectivity index (χ1v) is 5.91. The van der Waals surface area contributed by atoms with Crippen LogP contribution < -0.4 is 10.0 Å². The number of nitrogens with zero attached hydrogens (tertiary/aromatic N) is 2. The Labute approximate surface area is 85.4 Å². The van der Waals surface area contributed by atoms with Crippen molar-refractivity contribution in [2.24, 2.45) is 5.14 Å². The van der Waals surface area contributed by atoms with Crippen molar-refractivity contribution in [1.82, 2.24) is 4.98 Å². The maximum atomic E-state index is 11.0. The van der Waals surface area contributed by atoms with Crippen LogP contribution in [0, 0.1) is 6.92 Å². The summed E-state index contributed by atoms with van der Waals surface area (Å²) >= 11 is 0.870. The molecular formula is C6H9N3O3S2. The van der Waals surface area contributed by atoms with E-state index in [1.54, 1.807) is 0 Å². The van der Waals surface area contributed by atoms with Gasteiger partial charge in [0.15, 0.2) is 9.34 Å². The molecule has 6 nitrogen and oxygen atoms in total. The van der Waals surface area contributed by atoms with Gasteiger partial charge in [-0.15, -0.1) is 0 Å². The molecule has 0 aliphatic heterocycles. The number of anilines is 1. The second-order valence-electron chi connectivity index (χ2n) is 2.63. The molecule has 1 amide bonds. The van der Waals surface area contributed by atoms with Crippen molar-refractivity contribution in [2.75, 3.05) is 11.9 Å². The Morgan fingerprint density at radius 3 is 2.50 bits per heavy atom. The van der Waals surface area contributed by atoms with Crippen molar-refractivity contribution in [2.45, 2.75) is 11.1 Å². The Hall–Kier alpha value is -0.990. The van der Waals surface area contributed by atoms with Crippen molar-refractivity contribution >= 4 is 32.9 Å². The zero-order valence-corrected chi connectivity index (χ0v) is 9.22. The molecule has 0 fully saturated rings. The predicted octanol–water partition coefficient (Wildman–Crippen LogP) is -0.308. The topological polar surface area (TPSA) is 93.4 Å². The number of nitrogens with two attached hydrogens (primary N) is 1. The van der Waals surface area contributed by atoms with Crippen LogP contribution in [0.25, 0.3) is 0 Å². The highest BCUT2D eigenvalue weighted by Crippen LogP contribution is 2.27. The number of amides is 1. The van der Waals surface area contributed by atoms with Gasteiger partial charge in [-0.25, -0.2) is 18.5 Å². The molecule has 0 aliphatic rings. The second kappa shape index (κ2) is 3.64.